The molecule has 4 N–H and O–H groups in total. The lowest BCUT2D eigenvalue weighted by molar-refractivity contribution is 0.448. The molecule has 0 fully saturated rings. The SMILES string of the molecule is Cc1nc(NN)cc(Nc2cc(F)c(F)c(F)c2)n1. The summed E-state index contributed by atoms with van der Waals surface area (Å²) >= 11 is 0. The predicted octanol–water partition coefficient (Wildman–Crippen LogP) is 2.23. The number of hydrazine groups is 1. The number of nitrogens with one attached hydrogen (secondary N) is 2. The lowest BCUT2D eigenvalue weighted by Gasteiger charge is -2.09. The smallest absolute Gasteiger partial charge is 0.194 e. The Labute approximate surface area is 106 Å². The van der Waals surface area contributed by atoms with Crippen LogP contribution in [0.25, 0.3) is 0 Å². The molecule has 0 bridgehead atoms. The molecule has 2 rings (SSSR count). The van der Waals surface area contributed by atoms with Gasteiger partial charge in [0.1, 0.15) is 17.5 Å². The van der Waals surface area contributed by atoms with Gasteiger partial charge in [-0.1, -0.05) is 0 Å². The minimum Gasteiger partial charge on any atom is -0.340 e. The zero-order valence-corrected chi connectivity index (χ0v) is 9.84. The van der Waals surface area contributed by atoms with E-state index in [1.54, 1.807) is 6.92 Å². The second kappa shape index (κ2) is 5.11. The van der Waals surface area contributed by atoms with E-state index in [9.17, 15) is 13.2 Å². The standard InChI is InChI=1S/C11H10F3N5/c1-5-16-9(4-10(17-5)19-15)18-6-2-7(12)11(14)8(13)3-6/h2-4H,15H2,1H3,(H2,16,17,18,19). The Morgan fingerprint density at radius 2 is 1.58 bits per heavy atom. The van der Waals surface area contributed by atoms with Crippen LogP contribution < -0.4 is 16.6 Å². The molecule has 0 saturated heterocycles. The molecular formula is C11H10F3N5. The second-order valence-corrected chi connectivity index (χ2v) is 3.71. The molecule has 1 aromatic carbocycles. The van der Waals surface area contributed by atoms with Crippen LogP contribution in [0.5, 0.6) is 0 Å². The molecule has 100 valence electrons. The zero-order valence-electron chi connectivity index (χ0n) is 9.84. The van der Waals surface area contributed by atoms with Crippen molar-refractivity contribution in [2.24, 2.45) is 5.84 Å². The Morgan fingerprint density at radius 3 is 2.16 bits per heavy atom. The van der Waals surface area contributed by atoms with Crippen molar-refractivity contribution < 1.29 is 13.2 Å². The summed E-state index contributed by atoms with van der Waals surface area (Å²) in [4.78, 5) is 7.95. The average Bonchev–Trinajstić information content (AvgIpc) is 2.35. The molecule has 2 aromatic rings. The van der Waals surface area contributed by atoms with Gasteiger partial charge in [0, 0.05) is 23.9 Å². The highest BCUT2D eigenvalue weighted by atomic mass is 19.2. The number of hydrogen-bond acceptors (Lipinski definition) is 5. The van der Waals surface area contributed by atoms with Gasteiger partial charge in [0.2, 0.25) is 0 Å². The van der Waals surface area contributed by atoms with Gasteiger partial charge in [0.15, 0.2) is 17.5 Å². The highest BCUT2D eigenvalue weighted by molar-refractivity contribution is 5.59. The number of nitrogens with two attached hydrogens (primary N) is 1. The van der Waals surface area contributed by atoms with Gasteiger partial charge < -0.3 is 10.7 Å². The molecule has 1 heterocycles. The molecule has 8 heteroatoms. The average molecular weight is 269 g/mol. The molecule has 0 spiro atoms. The highest BCUT2D eigenvalue weighted by Gasteiger charge is 2.11. The number of rotatable bonds is 3. The van der Waals surface area contributed by atoms with E-state index < -0.39 is 17.5 Å². The van der Waals surface area contributed by atoms with Crippen LogP contribution in [-0.2, 0) is 0 Å². The first kappa shape index (κ1) is 13.1. The lowest BCUT2D eigenvalue weighted by atomic mass is 10.3. The maximum absolute atomic E-state index is 13.0. The molecule has 0 unspecified atom stereocenters. The highest BCUT2D eigenvalue weighted by Crippen LogP contribution is 2.21. The van der Waals surface area contributed by atoms with Crippen molar-refractivity contribution in [2.75, 3.05) is 10.7 Å². The second-order valence-electron chi connectivity index (χ2n) is 3.71. The summed E-state index contributed by atoms with van der Waals surface area (Å²) in [6.45, 7) is 1.62. The van der Waals surface area contributed by atoms with Gasteiger partial charge in [-0.2, -0.15) is 0 Å². The lowest BCUT2D eigenvalue weighted by Crippen LogP contribution is -2.10. The van der Waals surface area contributed by atoms with Gasteiger partial charge >= 0.3 is 0 Å². The van der Waals surface area contributed by atoms with E-state index in [-0.39, 0.29) is 11.5 Å². The number of aryl methyl sites for hydroxylation is 1. The van der Waals surface area contributed by atoms with E-state index in [4.69, 9.17) is 5.84 Å². The molecule has 0 amide bonds. The van der Waals surface area contributed by atoms with Crippen LogP contribution in [0.2, 0.25) is 0 Å². The summed E-state index contributed by atoms with van der Waals surface area (Å²) in [6.07, 6.45) is 0. The van der Waals surface area contributed by atoms with Crippen LogP contribution in [0.15, 0.2) is 18.2 Å². The Bertz CT molecular complexity index is 594. The normalized spacial score (nSPS) is 10.4. The van der Waals surface area contributed by atoms with E-state index >= 15 is 0 Å². The molecule has 0 aliphatic rings. The third-order valence-corrected chi connectivity index (χ3v) is 2.24. The largest absolute Gasteiger partial charge is 0.340 e. The molecule has 0 atom stereocenters. The van der Waals surface area contributed by atoms with Gasteiger partial charge in [0.05, 0.1) is 0 Å². The summed E-state index contributed by atoms with van der Waals surface area (Å²) in [5.41, 5.74) is 2.35. The quantitative estimate of drug-likeness (QED) is 0.452. The summed E-state index contributed by atoms with van der Waals surface area (Å²) in [5, 5.41) is 2.64. The van der Waals surface area contributed by atoms with Crippen molar-refractivity contribution in [3.8, 4) is 0 Å². The Balaban J connectivity index is 2.33. The summed E-state index contributed by atoms with van der Waals surface area (Å²) < 4.78 is 38.9. The van der Waals surface area contributed by atoms with E-state index in [2.05, 4.69) is 20.7 Å². The first-order chi connectivity index (χ1) is 8.99. The van der Waals surface area contributed by atoms with Crippen LogP contribution in [-0.4, -0.2) is 9.97 Å². The molecule has 0 aliphatic heterocycles. The van der Waals surface area contributed by atoms with Gasteiger partial charge in [-0.15, -0.1) is 0 Å². The van der Waals surface area contributed by atoms with Crippen molar-refractivity contribution in [3.05, 3.63) is 41.5 Å². The van der Waals surface area contributed by atoms with E-state index in [1.807, 2.05) is 0 Å². The fourth-order valence-corrected chi connectivity index (χ4v) is 1.48. The number of nitrogen functional groups attached to an aromatic ring is 1. The van der Waals surface area contributed by atoms with Gasteiger partial charge in [-0.25, -0.2) is 29.0 Å². The molecule has 0 radical (unpaired) electrons. The third-order valence-electron chi connectivity index (χ3n) is 2.24. The van der Waals surface area contributed by atoms with Crippen LogP contribution in [0.1, 0.15) is 5.82 Å². The first-order valence-corrected chi connectivity index (χ1v) is 5.23. The van der Waals surface area contributed by atoms with E-state index in [0.29, 0.717) is 11.6 Å². The monoisotopic (exact) mass is 269 g/mol. The molecule has 0 aliphatic carbocycles. The van der Waals surface area contributed by atoms with Crippen molar-refractivity contribution in [1.29, 1.82) is 0 Å². The minimum absolute atomic E-state index is 0.0254. The summed E-state index contributed by atoms with van der Waals surface area (Å²) in [7, 11) is 0. The van der Waals surface area contributed by atoms with E-state index in [1.165, 1.54) is 6.07 Å². The number of aromatic nitrogens is 2. The Kier molecular flexibility index (Phi) is 3.52. The van der Waals surface area contributed by atoms with Crippen molar-refractivity contribution in [3.63, 3.8) is 0 Å². The summed E-state index contributed by atoms with van der Waals surface area (Å²) in [6, 6.07) is 3.09. The molecule has 19 heavy (non-hydrogen) atoms. The minimum atomic E-state index is -1.52. The van der Waals surface area contributed by atoms with Crippen LogP contribution in [0, 0.1) is 24.4 Å². The Morgan fingerprint density at radius 1 is 1.00 bits per heavy atom. The van der Waals surface area contributed by atoms with Crippen LogP contribution in [0.4, 0.5) is 30.5 Å². The maximum Gasteiger partial charge on any atom is 0.194 e. The van der Waals surface area contributed by atoms with Crippen molar-refractivity contribution >= 4 is 17.3 Å². The van der Waals surface area contributed by atoms with Gasteiger partial charge in [0.25, 0.3) is 0 Å². The number of nitrogens with zero attached hydrogens (tertiary/aromatic N) is 2. The predicted molar refractivity (Wildman–Crippen MR) is 64.2 cm³/mol. The van der Waals surface area contributed by atoms with Crippen molar-refractivity contribution in [2.45, 2.75) is 6.92 Å². The zero-order chi connectivity index (χ0) is 14.0. The molecular weight excluding hydrogens is 259 g/mol. The van der Waals surface area contributed by atoms with Gasteiger partial charge in [-0.3, -0.25) is 0 Å². The number of hydrogen-bond donors (Lipinski definition) is 3. The number of halogens is 3. The van der Waals surface area contributed by atoms with Crippen molar-refractivity contribution in [1.82, 2.24) is 9.97 Å². The maximum atomic E-state index is 13.0. The molecule has 1 aromatic heterocycles. The third kappa shape index (κ3) is 2.91. The number of anilines is 3. The number of benzene rings is 1. The molecule has 5 nitrogen and oxygen atoms in total. The van der Waals surface area contributed by atoms with Gasteiger partial charge in [-0.05, 0) is 6.92 Å². The fraction of sp³-hybridized carbons (Fsp3) is 0.0909. The first-order valence-electron chi connectivity index (χ1n) is 5.23. The van der Waals surface area contributed by atoms with Crippen LogP contribution >= 0.6 is 0 Å². The Hall–Kier alpha value is -2.35. The van der Waals surface area contributed by atoms with E-state index in [0.717, 1.165) is 12.1 Å². The summed E-state index contributed by atoms with van der Waals surface area (Å²) in [5.74, 6) is 2.12. The topological polar surface area (TPSA) is 75.9 Å². The molecule has 0 saturated carbocycles. The fourth-order valence-electron chi connectivity index (χ4n) is 1.48. The van der Waals surface area contributed by atoms with Crippen LogP contribution in [0.3, 0.4) is 0 Å².